The van der Waals surface area contributed by atoms with Crippen LogP contribution in [0.4, 0.5) is 0 Å². The third-order valence-corrected chi connectivity index (χ3v) is 2.80. The average molecular weight is 279 g/mol. The number of nitrogens with one attached hydrogen (secondary N) is 1. The van der Waals surface area contributed by atoms with E-state index in [-0.39, 0.29) is 12.5 Å². The van der Waals surface area contributed by atoms with E-state index in [2.05, 4.69) is 5.32 Å². The van der Waals surface area contributed by atoms with E-state index in [9.17, 15) is 9.59 Å². The number of nitrogens with zero attached hydrogens (tertiary/aromatic N) is 1. The molecule has 0 spiro atoms. The van der Waals surface area contributed by atoms with Gasteiger partial charge in [-0.2, -0.15) is 0 Å². The molecular formula is C14H21N3O3. The standard InChI is InChI=1S/C14H21N3O3/c1-17(2)9-12(10-6-4-3-5-7-10)16-14(20)11(15)8-13(18)19/h3-7,11-12H,8-9,15H2,1-2H3,(H,16,20)(H,18,19). The fourth-order valence-electron chi connectivity index (χ4n) is 1.84. The van der Waals surface area contributed by atoms with Gasteiger partial charge in [0, 0.05) is 6.54 Å². The van der Waals surface area contributed by atoms with Crippen LogP contribution in [-0.2, 0) is 9.59 Å². The van der Waals surface area contributed by atoms with Gasteiger partial charge in [0.05, 0.1) is 18.5 Å². The normalized spacial score (nSPS) is 13.8. The zero-order chi connectivity index (χ0) is 15.1. The van der Waals surface area contributed by atoms with Crippen molar-refractivity contribution >= 4 is 11.9 Å². The number of likely N-dealkylation sites (N-methyl/N-ethyl adjacent to an activating group) is 1. The van der Waals surface area contributed by atoms with Crippen LogP contribution in [0.3, 0.4) is 0 Å². The molecule has 0 aliphatic carbocycles. The van der Waals surface area contributed by atoms with Crippen molar-refractivity contribution in [1.82, 2.24) is 10.2 Å². The molecular weight excluding hydrogens is 258 g/mol. The highest BCUT2D eigenvalue weighted by atomic mass is 16.4. The molecule has 0 heterocycles. The maximum atomic E-state index is 11.9. The largest absolute Gasteiger partial charge is 0.481 e. The van der Waals surface area contributed by atoms with Crippen molar-refractivity contribution in [3.63, 3.8) is 0 Å². The van der Waals surface area contributed by atoms with Crippen LogP contribution in [0.1, 0.15) is 18.0 Å². The Kier molecular flexibility index (Phi) is 6.14. The second kappa shape index (κ2) is 7.62. The lowest BCUT2D eigenvalue weighted by molar-refractivity contribution is -0.139. The quantitative estimate of drug-likeness (QED) is 0.663. The lowest BCUT2D eigenvalue weighted by atomic mass is 10.1. The summed E-state index contributed by atoms with van der Waals surface area (Å²) < 4.78 is 0. The summed E-state index contributed by atoms with van der Waals surface area (Å²) in [5, 5.41) is 11.5. The molecule has 0 aliphatic rings. The van der Waals surface area contributed by atoms with Crippen LogP contribution in [0.2, 0.25) is 0 Å². The molecule has 0 saturated heterocycles. The van der Waals surface area contributed by atoms with Crippen LogP contribution < -0.4 is 11.1 Å². The molecule has 0 radical (unpaired) electrons. The summed E-state index contributed by atoms with van der Waals surface area (Å²) in [7, 11) is 3.80. The molecule has 0 fully saturated rings. The van der Waals surface area contributed by atoms with E-state index in [1.807, 2.05) is 49.3 Å². The van der Waals surface area contributed by atoms with Crippen LogP contribution in [0.15, 0.2) is 30.3 Å². The van der Waals surface area contributed by atoms with Gasteiger partial charge in [-0.3, -0.25) is 9.59 Å². The predicted molar refractivity (Wildman–Crippen MR) is 76.1 cm³/mol. The number of hydrogen-bond donors (Lipinski definition) is 3. The number of benzene rings is 1. The number of hydrogen-bond acceptors (Lipinski definition) is 4. The number of rotatable bonds is 7. The van der Waals surface area contributed by atoms with E-state index in [1.165, 1.54) is 0 Å². The van der Waals surface area contributed by atoms with Crippen molar-refractivity contribution < 1.29 is 14.7 Å². The molecule has 6 heteroatoms. The highest BCUT2D eigenvalue weighted by Crippen LogP contribution is 2.13. The predicted octanol–water partition coefficient (Wildman–Crippen LogP) is 0.208. The Morgan fingerprint density at radius 2 is 1.90 bits per heavy atom. The summed E-state index contributed by atoms with van der Waals surface area (Å²) in [5.74, 6) is -1.54. The number of aliphatic carboxylic acids is 1. The molecule has 1 amide bonds. The molecule has 1 aromatic rings. The number of carboxylic acid groups (broad SMARTS) is 1. The van der Waals surface area contributed by atoms with Gasteiger partial charge in [0.25, 0.3) is 0 Å². The maximum absolute atomic E-state index is 11.9. The van der Waals surface area contributed by atoms with Crippen LogP contribution in [0.25, 0.3) is 0 Å². The molecule has 20 heavy (non-hydrogen) atoms. The van der Waals surface area contributed by atoms with E-state index in [0.717, 1.165) is 5.56 Å². The summed E-state index contributed by atoms with van der Waals surface area (Å²) in [6.45, 7) is 0.607. The first kappa shape index (κ1) is 16.1. The minimum Gasteiger partial charge on any atom is -0.481 e. The van der Waals surface area contributed by atoms with Crippen molar-refractivity contribution in [2.24, 2.45) is 5.73 Å². The Balaban J connectivity index is 2.75. The van der Waals surface area contributed by atoms with Gasteiger partial charge >= 0.3 is 5.97 Å². The smallest absolute Gasteiger partial charge is 0.305 e. The van der Waals surface area contributed by atoms with Gasteiger partial charge in [-0.05, 0) is 19.7 Å². The Morgan fingerprint density at radius 3 is 2.40 bits per heavy atom. The molecule has 0 aromatic heterocycles. The summed E-state index contributed by atoms with van der Waals surface area (Å²) in [5.41, 5.74) is 6.52. The summed E-state index contributed by atoms with van der Waals surface area (Å²) in [6.07, 6.45) is -0.380. The van der Waals surface area contributed by atoms with Gasteiger partial charge in [0.1, 0.15) is 0 Å². The van der Waals surface area contributed by atoms with Gasteiger partial charge in [0.2, 0.25) is 5.91 Å². The zero-order valence-electron chi connectivity index (χ0n) is 11.7. The molecule has 0 bridgehead atoms. The lowest BCUT2D eigenvalue weighted by Gasteiger charge is -2.24. The fraction of sp³-hybridized carbons (Fsp3) is 0.429. The molecule has 0 aliphatic heterocycles. The number of carbonyl (C=O) groups is 2. The number of amides is 1. The molecule has 4 N–H and O–H groups in total. The minimum absolute atomic E-state index is 0.224. The lowest BCUT2D eigenvalue weighted by Crippen LogP contribution is -2.45. The van der Waals surface area contributed by atoms with E-state index in [0.29, 0.717) is 6.54 Å². The summed E-state index contributed by atoms with van der Waals surface area (Å²) in [6, 6.07) is 8.24. The van der Waals surface area contributed by atoms with E-state index < -0.39 is 17.9 Å². The fourth-order valence-corrected chi connectivity index (χ4v) is 1.84. The molecule has 1 rings (SSSR count). The van der Waals surface area contributed by atoms with Crippen LogP contribution in [-0.4, -0.2) is 48.6 Å². The third-order valence-electron chi connectivity index (χ3n) is 2.80. The van der Waals surface area contributed by atoms with Gasteiger partial charge in [-0.15, -0.1) is 0 Å². The van der Waals surface area contributed by atoms with Gasteiger partial charge < -0.3 is 21.1 Å². The summed E-state index contributed by atoms with van der Waals surface area (Å²) >= 11 is 0. The zero-order valence-corrected chi connectivity index (χ0v) is 11.7. The topological polar surface area (TPSA) is 95.7 Å². The monoisotopic (exact) mass is 279 g/mol. The van der Waals surface area contributed by atoms with Crippen LogP contribution in [0.5, 0.6) is 0 Å². The molecule has 6 nitrogen and oxygen atoms in total. The molecule has 1 aromatic carbocycles. The maximum Gasteiger partial charge on any atom is 0.305 e. The van der Waals surface area contributed by atoms with Crippen molar-refractivity contribution in [1.29, 1.82) is 0 Å². The first-order valence-corrected chi connectivity index (χ1v) is 6.37. The molecule has 110 valence electrons. The number of carbonyl (C=O) groups excluding carboxylic acids is 1. The number of nitrogens with two attached hydrogens (primary N) is 1. The third kappa shape index (κ3) is 5.38. The van der Waals surface area contributed by atoms with Gasteiger partial charge in [-0.25, -0.2) is 0 Å². The van der Waals surface area contributed by atoms with E-state index in [4.69, 9.17) is 10.8 Å². The van der Waals surface area contributed by atoms with Gasteiger partial charge in [-0.1, -0.05) is 30.3 Å². The average Bonchev–Trinajstić information content (AvgIpc) is 2.37. The SMILES string of the molecule is CN(C)CC(NC(=O)C(N)CC(=O)O)c1ccccc1. The Hall–Kier alpha value is -1.92. The Labute approximate surface area is 118 Å². The van der Waals surface area contributed by atoms with Crippen molar-refractivity contribution in [3.05, 3.63) is 35.9 Å². The highest BCUT2D eigenvalue weighted by Gasteiger charge is 2.21. The second-order valence-corrected chi connectivity index (χ2v) is 4.94. The van der Waals surface area contributed by atoms with Crippen molar-refractivity contribution in [2.45, 2.75) is 18.5 Å². The van der Waals surface area contributed by atoms with Crippen LogP contribution in [0, 0.1) is 0 Å². The second-order valence-electron chi connectivity index (χ2n) is 4.94. The highest BCUT2D eigenvalue weighted by molar-refractivity contribution is 5.86. The molecule has 2 unspecified atom stereocenters. The molecule has 0 saturated carbocycles. The molecule has 2 atom stereocenters. The first-order chi connectivity index (χ1) is 9.40. The van der Waals surface area contributed by atoms with Gasteiger partial charge in [0.15, 0.2) is 0 Å². The van der Waals surface area contributed by atoms with Crippen molar-refractivity contribution in [3.8, 4) is 0 Å². The summed E-state index contributed by atoms with van der Waals surface area (Å²) in [4.78, 5) is 24.5. The van der Waals surface area contributed by atoms with E-state index >= 15 is 0 Å². The Bertz CT molecular complexity index is 448. The van der Waals surface area contributed by atoms with Crippen molar-refractivity contribution in [2.75, 3.05) is 20.6 Å². The minimum atomic E-state index is -1.09. The van der Waals surface area contributed by atoms with Crippen LogP contribution >= 0.6 is 0 Å². The number of carboxylic acids is 1. The first-order valence-electron chi connectivity index (χ1n) is 6.37. The Morgan fingerprint density at radius 1 is 1.30 bits per heavy atom. The van der Waals surface area contributed by atoms with E-state index in [1.54, 1.807) is 0 Å².